The summed E-state index contributed by atoms with van der Waals surface area (Å²) < 4.78 is 0. The fourth-order valence-corrected chi connectivity index (χ4v) is 3.27. The zero-order valence-corrected chi connectivity index (χ0v) is 15.0. The molecule has 7 heteroatoms. The fourth-order valence-electron chi connectivity index (χ4n) is 2.31. The number of carbonyl (C=O) groups excluding carboxylic acids is 2. The molecule has 0 aliphatic heterocycles. The lowest BCUT2D eigenvalue weighted by molar-refractivity contribution is -0.120. The zero-order chi connectivity index (χ0) is 18.4. The molecule has 0 aliphatic carbocycles. The van der Waals surface area contributed by atoms with Crippen molar-refractivity contribution in [3.8, 4) is 10.7 Å². The molecule has 6 nitrogen and oxygen atoms in total. The summed E-state index contributed by atoms with van der Waals surface area (Å²) in [5.74, 6) is -0.550. The zero-order valence-electron chi connectivity index (χ0n) is 14.2. The third-order valence-electron chi connectivity index (χ3n) is 3.63. The minimum absolute atomic E-state index is 0.0814. The lowest BCUT2D eigenvalue weighted by atomic mass is 10.2. The van der Waals surface area contributed by atoms with Crippen molar-refractivity contribution in [2.24, 2.45) is 0 Å². The van der Waals surface area contributed by atoms with Crippen LogP contribution in [-0.4, -0.2) is 28.3 Å². The molecule has 0 unspecified atom stereocenters. The first kappa shape index (κ1) is 17.8. The third kappa shape index (κ3) is 4.52. The van der Waals surface area contributed by atoms with E-state index in [-0.39, 0.29) is 18.4 Å². The number of amides is 2. The van der Waals surface area contributed by atoms with Crippen LogP contribution in [0.15, 0.2) is 54.7 Å². The van der Waals surface area contributed by atoms with Gasteiger partial charge in [-0.05, 0) is 24.6 Å². The number of hydrogen-bond donors (Lipinski definition) is 2. The smallest absolute Gasteiger partial charge is 0.263 e. The lowest BCUT2D eigenvalue weighted by Crippen LogP contribution is -2.36. The molecule has 0 spiro atoms. The van der Waals surface area contributed by atoms with E-state index >= 15 is 0 Å². The molecule has 3 aromatic rings. The SMILES string of the molecule is Cc1nc(-c2ccccn2)sc1C(=O)NCC(=O)NCc1ccccc1. The van der Waals surface area contributed by atoms with E-state index in [2.05, 4.69) is 20.6 Å². The number of hydrogen-bond acceptors (Lipinski definition) is 5. The Morgan fingerprint density at radius 1 is 1.04 bits per heavy atom. The van der Waals surface area contributed by atoms with Crippen molar-refractivity contribution in [2.45, 2.75) is 13.5 Å². The van der Waals surface area contributed by atoms with Crippen molar-refractivity contribution in [3.63, 3.8) is 0 Å². The number of nitrogens with zero attached hydrogens (tertiary/aromatic N) is 2. The number of nitrogens with one attached hydrogen (secondary N) is 2. The molecule has 2 amide bonds. The first-order valence-electron chi connectivity index (χ1n) is 8.11. The number of pyridine rings is 1. The normalized spacial score (nSPS) is 10.3. The highest BCUT2D eigenvalue weighted by atomic mass is 32.1. The molecule has 0 saturated carbocycles. The summed E-state index contributed by atoms with van der Waals surface area (Å²) in [7, 11) is 0. The van der Waals surface area contributed by atoms with Crippen molar-refractivity contribution >= 4 is 23.2 Å². The number of aromatic nitrogens is 2. The van der Waals surface area contributed by atoms with Crippen LogP contribution in [0.4, 0.5) is 0 Å². The predicted molar refractivity (Wildman–Crippen MR) is 101 cm³/mol. The van der Waals surface area contributed by atoms with Gasteiger partial charge in [-0.3, -0.25) is 14.6 Å². The predicted octanol–water partition coefficient (Wildman–Crippen LogP) is 2.56. The summed E-state index contributed by atoms with van der Waals surface area (Å²) in [6.07, 6.45) is 1.68. The highest BCUT2D eigenvalue weighted by Crippen LogP contribution is 2.26. The van der Waals surface area contributed by atoms with Gasteiger partial charge in [0.15, 0.2) is 0 Å². The van der Waals surface area contributed by atoms with Crippen LogP contribution in [0.25, 0.3) is 10.7 Å². The largest absolute Gasteiger partial charge is 0.350 e. The van der Waals surface area contributed by atoms with Crippen LogP contribution < -0.4 is 10.6 Å². The van der Waals surface area contributed by atoms with E-state index in [1.54, 1.807) is 13.1 Å². The second kappa shape index (κ2) is 8.35. The quantitative estimate of drug-likeness (QED) is 0.702. The van der Waals surface area contributed by atoms with Crippen LogP contribution in [0.5, 0.6) is 0 Å². The molecule has 0 aliphatic rings. The van der Waals surface area contributed by atoms with Crippen LogP contribution in [0, 0.1) is 6.92 Å². The van der Waals surface area contributed by atoms with Crippen LogP contribution >= 0.6 is 11.3 Å². The Balaban J connectivity index is 1.55. The molecule has 2 aromatic heterocycles. The van der Waals surface area contributed by atoms with Crippen LogP contribution in [0.3, 0.4) is 0 Å². The second-order valence-electron chi connectivity index (χ2n) is 5.59. The Morgan fingerprint density at radius 2 is 1.81 bits per heavy atom. The van der Waals surface area contributed by atoms with Gasteiger partial charge in [-0.2, -0.15) is 0 Å². The van der Waals surface area contributed by atoms with Crippen molar-refractivity contribution in [1.29, 1.82) is 0 Å². The number of aryl methyl sites for hydroxylation is 1. The summed E-state index contributed by atoms with van der Waals surface area (Å²) >= 11 is 1.27. The number of thiazole rings is 1. The molecular formula is C19H18N4O2S. The molecule has 0 atom stereocenters. The van der Waals surface area contributed by atoms with Crippen molar-refractivity contribution < 1.29 is 9.59 Å². The minimum Gasteiger partial charge on any atom is -0.350 e. The van der Waals surface area contributed by atoms with E-state index in [0.717, 1.165) is 11.3 Å². The van der Waals surface area contributed by atoms with Gasteiger partial charge in [-0.15, -0.1) is 11.3 Å². The average molecular weight is 366 g/mol. The Labute approximate surface area is 155 Å². The highest BCUT2D eigenvalue weighted by molar-refractivity contribution is 7.17. The van der Waals surface area contributed by atoms with Gasteiger partial charge >= 0.3 is 0 Å². The van der Waals surface area contributed by atoms with Gasteiger partial charge in [-0.1, -0.05) is 36.4 Å². The first-order valence-corrected chi connectivity index (χ1v) is 8.93. The number of benzene rings is 1. The molecule has 132 valence electrons. The molecule has 26 heavy (non-hydrogen) atoms. The topological polar surface area (TPSA) is 84.0 Å². The second-order valence-corrected chi connectivity index (χ2v) is 6.59. The highest BCUT2D eigenvalue weighted by Gasteiger charge is 2.17. The Kier molecular flexibility index (Phi) is 5.70. The maximum atomic E-state index is 12.3. The minimum atomic E-state index is -0.308. The average Bonchev–Trinajstić information content (AvgIpc) is 3.08. The number of rotatable bonds is 6. The van der Waals surface area contributed by atoms with Gasteiger partial charge in [0.25, 0.3) is 5.91 Å². The summed E-state index contributed by atoms with van der Waals surface area (Å²) in [5.41, 5.74) is 2.35. The molecule has 2 N–H and O–H groups in total. The monoisotopic (exact) mass is 366 g/mol. The standard InChI is InChI=1S/C19H18N4O2S/c1-13-17(26-19(23-13)15-9-5-6-10-20-15)18(25)22-12-16(24)21-11-14-7-3-2-4-8-14/h2-10H,11-12H2,1H3,(H,21,24)(H,22,25). The van der Waals surface area contributed by atoms with Crippen LogP contribution in [0.2, 0.25) is 0 Å². The molecular weight excluding hydrogens is 348 g/mol. The van der Waals surface area contributed by atoms with Gasteiger partial charge in [0.2, 0.25) is 5.91 Å². The lowest BCUT2D eigenvalue weighted by Gasteiger charge is -2.06. The maximum Gasteiger partial charge on any atom is 0.263 e. The Hall–Kier alpha value is -3.06. The third-order valence-corrected chi connectivity index (χ3v) is 4.81. The number of carbonyl (C=O) groups is 2. The molecule has 0 fully saturated rings. The molecule has 0 bridgehead atoms. The van der Waals surface area contributed by atoms with E-state index in [1.165, 1.54) is 11.3 Å². The van der Waals surface area contributed by atoms with Crippen LogP contribution in [0.1, 0.15) is 20.9 Å². The van der Waals surface area contributed by atoms with Crippen LogP contribution in [-0.2, 0) is 11.3 Å². The van der Waals surface area contributed by atoms with Gasteiger partial charge < -0.3 is 10.6 Å². The summed E-state index contributed by atoms with van der Waals surface area (Å²) in [4.78, 5) is 33.4. The van der Waals surface area contributed by atoms with Gasteiger partial charge in [0.05, 0.1) is 17.9 Å². The summed E-state index contributed by atoms with van der Waals surface area (Å²) in [6, 6.07) is 15.1. The fraction of sp³-hybridized carbons (Fsp3) is 0.158. The molecule has 0 saturated heterocycles. The summed E-state index contributed by atoms with van der Waals surface area (Å²) in [6.45, 7) is 2.12. The van der Waals surface area contributed by atoms with Crippen molar-refractivity contribution in [3.05, 3.63) is 70.9 Å². The molecule has 0 radical (unpaired) electrons. The van der Waals surface area contributed by atoms with E-state index in [0.29, 0.717) is 22.1 Å². The molecule has 1 aromatic carbocycles. The maximum absolute atomic E-state index is 12.3. The van der Waals surface area contributed by atoms with Gasteiger partial charge in [0, 0.05) is 12.7 Å². The Morgan fingerprint density at radius 3 is 2.54 bits per heavy atom. The van der Waals surface area contributed by atoms with E-state index in [4.69, 9.17) is 0 Å². The van der Waals surface area contributed by atoms with Crippen molar-refractivity contribution in [1.82, 2.24) is 20.6 Å². The van der Waals surface area contributed by atoms with E-state index in [1.807, 2.05) is 48.5 Å². The van der Waals surface area contributed by atoms with Crippen molar-refractivity contribution in [2.75, 3.05) is 6.54 Å². The summed E-state index contributed by atoms with van der Waals surface area (Å²) in [5, 5.41) is 6.10. The Bertz CT molecular complexity index is 894. The van der Waals surface area contributed by atoms with Gasteiger partial charge in [0.1, 0.15) is 9.88 Å². The molecule has 2 heterocycles. The van der Waals surface area contributed by atoms with Gasteiger partial charge in [-0.25, -0.2) is 4.98 Å². The molecule has 3 rings (SSSR count). The first-order chi connectivity index (χ1) is 12.6. The van der Waals surface area contributed by atoms with E-state index in [9.17, 15) is 9.59 Å². The van der Waals surface area contributed by atoms with E-state index < -0.39 is 0 Å².